The number of alkyl halides is 2. The van der Waals surface area contributed by atoms with Gasteiger partial charge in [0.05, 0.1) is 28.3 Å². The minimum atomic E-state index is -3.03. The van der Waals surface area contributed by atoms with E-state index in [1.165, 1.54) is 10.9 Å². The molecule has 3 aromatic rings. The summed E-state index contributed by atoms with van der Waals surface area (Å²) in [6.07, 6.45) is 3.26. The normalized spacial score (nSPS) is 24.0. The number of carbonyl (C=O) groups excluding carboxylic acids is 1. The van der Waals surface area contributed by atoms with Gasteiger partial charge in [0.15, 0.2) is 15.7 Å². The molecule has 3 aliphatic rings. The summed E-state index contributed by atoms with van der Waals surface area (Å²) in [5.41, 5.74) is 1.59. The topological polar surface area (TPSA) is 121 Å². The highest BCUT2D eigenvalue weighted by Gasteiger charge is 2.50. The number of amides is 1. The van der Waals surface area contributed by atoms with Gasteiger partial charge in [-0.05, 0) is 49.1 Å². The molecule has 220 valence electrons. The van der Waals surface area contributed by atoms with Crippen molar-refractivity contribution < 1.29 is 22.0 Å². The second kappa shape index (κ2) is 10.6. The average Bonchev–Trinajstić information content (AvgIpc) is 3.59. The lowest BCUT2D eigenvalue weighted by Crippen LogP contribution is -2.45. The first-order valence-corrected chi connectivity index (χ1v) is 16.0. The van der Waals surface area contributed by atoms with Gasteiger partial charge in [-0.3, -0.25) is 4.79 Å². The van der Waals surface area contributed by atoms with Crippen LogP contribution in [0.5, 0.6) is 0 Å². The third-order valence-corrected chi connectivity index (χ3v) is 10.2. The lowest BCUT2D eigenvalue weighted by molar-refractivity contribution is -0.131. The van der Waals surface area contributed by atoms with Gasteiger partial charge >= 0.3 is 0 Å². The molecule has 0 spiro atoms. The van der Waals surface area contributed by atoms with Crippen molar-refractivity contribution in [2.45, 2.75) is 49.5 Å². The molecule has 2 saturated carbocycles. The number of nitrogens with zero attached hydrogens (tertiary/aromatic N) is 5. The van der Waals surface area contributed by atoms with Gasteiger partial charge in [0.2, 0.25) is 11.8 Å². The minimum absolute atomic E-state index is 0.0344. The first-order chi connectivity index (χ1) is 20.0. The van der Waals surface area contributed by atoms with E-state index in [0.29, 0.717) is 53.6 Å². The second-order valence-corrected chi connectivity index (χ2v) is 14.1. The molecule has 2 aliphatic carbocycles. The number of nitrogens with one attached hydrogen (secondary N) is 1. The van der Waals surface area contributed by atoms with E-state index >= 15 is 0 Å². The summed E-state index contributed by atoms with van der Waals surface area (Å²) >= 11 is 6.02. The van der Waals surface area contributed by atoms with Gasteiger partial charge in [-0.15, -0.1) is 0 Å². The Balaban J connectivity index is 1.38. The molecule has 2 aromatic heterocycles. The Morgan fingerprint density at radius 1 is 1.10 bits per heavy atom. The Hall–Kier alpha value is -3.56. The van der Waals surface area contributed by atoms with Crippen LogP contribution in [-0.2, 0) is 14.6 Å². The lowest BCUT2D eigenvalue weighted by atomic mass is 9.74. The number of hydrogen-bond donors (Lipinski definition) is 1. The van der Waals surface area contributed by atoms with Crippen LogP contribution in [0.4, 0.5) is 14.5 Å². The third-order valence-electron chi connectivity index (χ3n) is 8.42. The van der Waals surface area contributed by atoms with Gasteiger partial charge in [-0.25, -0.2) is 26.9 Å². The molecule has 6 rings (SSSR count). The first-order valence-electron chi connectivity index (χ1n) is 13.8. The van der Waals surface area contributed by atoms with Crippen molar-refractivity contribution in [3.8, 4) is 23.0 Å². The van der Waals surface area contributed by atoms with E-state index in [1.54, 1.807) is 18.3 Å². The molecule has 42 heavy (non-hydrogen) atoms. The molecule has 3 fully saturated rings. The zero-order valence-electron chi connectivity index (χ0n) is 22.6. The molecule has 1 amide bonds. The molecule has 0 radical (unpaired) electrons. The molecule has 1 N–H and O–H groups in total. The van der Waals surface area contributed by atoms with Crippen LogP contribution >= 0.6 is 11.6 Å². The van der Waals surface area contributed by atoms with Gasteiger partial charge < -0.3 is 10.2 Å². The number of sulfone groups is 1. The fraction of sp³-hybridized carbons (Fsp3) is 0.448. The quantitative estimate of drug-likeness (QED) is 0.433. The van der Waals surface area contributed by atoms with Crippen LogP contribution in [0, 0.1) is 17.2 Å². The van der Waals surface area contributed by atoms with Crippen LogP contribution in [0.25, 0.3) is 16.9 Å². The average molecular weight is 615 g/mol. The number of carbonyl (C=O) groups is 1. The summed E-state index contributed by atoms with van der Waals surface area (Å²) in [4.78, 5) is 19.7. The van der Waals surface area contributed by atoms with E-state index in [0.717, 1.165) is 5.69 Å². The van der Waals surface area contributed by atoms with Gasteiger partial charge in [-0.1, -0.05) is 23.7 Å². The first kappa shape index (κ1) is 28.6. The molecule has 2 atom stereocenters. The monoisotopic (exact) mass is 614 g/mol. The van der Waals surface area contributed by atoms with E-state index in [-0.39, 0.29) is 17.9 Å². The number of anilines is 1. The van der Waals surface area contributed by atoms with Crippen LogP contribution in [0.1, 0.15) is 43.7 Å². The maximum absolute atomic E-state index is 14.9. The van der Waals surface area contributed by atoms with Crippen LogP contribution in [0.15, 0.2) is 48.8 Å². The molecule has 0 bridgehead atoms. The molecule has 13 heteroatoms. The van der Waals surface area contributed by atoms with Crippen molar-refractivity contribution in [3.63, 3.8) is 0 Å². The Kier molecular flexibility index (Phi) is 7.22. The fourth-order valence-electron chi connectivity index (χ4n) is 5.78. The van der Waals surface area contributed by atoms with Gasteiger partial charge in [0, 0.05) is 61.4 Å². The number of benzene rings is 1. The minimum Gasteiger partial charge on any atom is -0.369 e. The van der Waals surface area contributed by atoms with Crippen molar-refractivity contribution in [1.82, 2.24) is 20.1 Å². The Labute approximate surface area is 247 Å². The molecule has 2 unspecified atom stereocenters. The Morgan fingerprint density at radius 2 is 1.81 bits per heavy atom. The molecule has 1 saturated heterocycles. The summed E-state index contributed by atoms with van der Waals surface area (Å²) in [5.74, 6) is -4.47. The maximum Gasteiger partial charge on any atom is 0.248 e. The number of pyridine rings is 1. The molecule has 9 nitrogen and oxygen atoms in total. The highest BCUT2D eigenvalue weighted by Crippen LogP contribution is 2.48. The highest BCUT2D eigenvalue weighted by atomic mass is 35.5. The smallest absolute Gasteiger partial charge is 0.248 e. The SMILES string of the molecule is N#CC1(NC(=O)C2CCC(F)(F)CC2c2nn(-c3ccc(Cl)cn3)cc2-c2ccc(N3CCS(=O)(=O)CC3)cc2)CC1. The van der Waals surface area contributed by atoms with Crippen LogP contribution in [0.2, 0.25) is 5.02 Å². The zero-order valence-corrected chi connectivity index (χ0v) is 24.2. The fourth-order valence-corrected chi connectivity index (χ4v) is 7.09. The summed E-state index contributed by atoms with van der Waals surface area (Å²) in [6, 6.07) is 12.9. The zero-order chi connectivity index (χ0) is 29.7. The van der Waals surface area contributed by atoms with Crippen molar-refractivity contribution in [2.75, 3.05) is 29.5 Å². The second-order valence-electron chi connectivity index (χ2n) is 11.4. The predicted molar refractivity (Wildman–Crippen MR) is 153 cm³/mol. The van der Waals surface area contributed by atoms with Crippen molar-refractivity contribution in [3.05, 3.63) is 59.5 Å². The molecule has 1 aromatic carbocycles. The largest absolute Gasteiger partial charge is 0.369 e. The Morgan fingerprint density at radius 3 is 2.43 bits per heavy atom. The van der Waals surface area contributed by atoms with Crippen LogP contribution in [-0.4, -0.2) is 65.1 Å². The van der Waals surface area contributed by atoms with Crippen LogP contribution in [0.3, 0.4) is 0 Å². The molecule has 1 aliphatic heterocycles. The van der Waals surface area contributed by atoms with Crippen molar-refractivity contribution >= 4 is 33.0 Å². The number of rotatable bonds is 6. The van der Waals surface area contributed by atoms with Crippen LogP contribution < -0.4 is 10.2 Å². The van der Waals surface area contributed by atoms with Gasteiger partial charge in [-0.2, -0.15) is 10.4 Å². The summed E-state index contributed by atoms with van der Waals surface area (Å²) in [5, 5.41) is 17.5. The van der Waals surface area contributed by atoms with E-state index in [2.05, 4.69) is 16.4 Å². The maximum atomic E-state index is 14.9. The molecular weight excluding hydrogens is 586 g/mol. The highest BCUT2D eigenvalue weighted by molar-refractivity contribution is 7.91. The lowest BCUT2D eigenvalue weighted by Gasteiger charge is -2.35. The van der Waals surface area contributed by atoms with Gasteiger partial charge in [0.25, 0.3) is 0 Å². The number of aromatic nitrogens is 3. The number of halogens is 3. The summed E-state index contributed by atoms with van der Waals surface area (Å²) in [6.45, 7) is 0.788. The molecular formula is C29H29ClF2N6O3S. The predicted octanol–water partition coefficient (Wildman–Crippen LogP) is 4.51. The summed E-state index contributed by atoms with van der Waals surface area (Å²) < 4.78 is 55.1. The van der Waals surface area contributed by atoms with Gasteiger partial charge in [0.1, 0.15) is 5.54 Å². The van der Waals surface area contributed by atoms with E-state index in [4.69, 9.17) is 16.7 Å². The van der Waals surface area contributed by atoms with E-state index in [1.807, 2.05) is 29.2 Å². The van der Waals surface area contributed by atoms with Crippen molar-refractivity contribution in [2.24, 2.45) is 5.92 Å². The standard InChI is InChI=1S/C29H29ClF2N6O3S/c30-20-3-6-25(34-16-20)38-17-24(19-1-4-21(5-2-19)37-11-13-42(40,41)14-12-37)26(36-38)23-15-29(31,32)8-7-22(23)27(39)35-28(18-33)9-10-28/h1-6,16-17,22-23H,7-15H2,(H,35,39). The molecule has 3 heterocycles. The van der Waals surface area contributed by atoms with E-state index in [9.17, 15) is 27.3 Å². The number of nitriles is 1. The Bertz CT molecular complexity index is 1640. The third kappa shape index (κ3) is 5.85. The summed E-state index contributed by atoms with van der Waals surface area (Å²) in [7, 11) is -3.03. The number of hydrogen-bond acceptors (Lipinski definition) is 7. The van der Waals surface area contributed by atoms with Crippen molar-refractivity contribution in [1.29, 1.82) is 5.26 Å². The van der Waals surface area contributed by atoms with E-state index < -0.39 is 51.9 Å².